The summed E-state index contributed by atoms with van der Waals surface area (Å²) < 4.78 is 16.3. The van der Waals surface area contributed by atoms with Crippen LogP contribution >= 0.6 is 0 Å². The third-order valence-corrected chi connectivity index (χ3v) is 5.80. The molecule has 3 aromatic heterocycles. The predicted molar refractivity (Wildman–Crippen MR) is 112 cm³/mol. The minimum Gasteiger partial charge on any atom is -0.391 e. The number of halogens is 1. The lowest BCUT2D eigenvalue weighted by atomic mass is 9.89. The molecule has 2 fully saturated rings. The number of aliphatic hydroxyl groups excluding tert-OH is 1. The maximum atomic E-state index is 13.4. The minimum absolute atomic E-state index is 0.253. The first-order chi connectivity index (χ1) is 15.0. The van der Waals surface area contributed by atoms with Crippen LogP contribution < -0.4 is 21.5 Å². The molecule has 3 heterocycles. The number of aliphatic hydroxyl groups is 1. The highest BCUT2D eigenvalue weighted by atomic mass is 19.1. The molecule has 11 heteroatoms. The Hall–Kier alpha value is -3.47. The molecule has 0 aromatic carbocycles. The van der Waals surface area contributed by atoms with Gasteiger partial charge in [-0.25, -0.2) is 9.37 Å². The lowest BCUT2D eigenvalue weighted by Crippen LogP contribution is -2.50. The highest BCUT2D eigenvalue weighted by Crippen LogP contribution is 2.37. The van der Waals surface area contributed by atoms with Crippen molar-refractivity contribution in [1.29, 1.82) is 0 Å². The van der Waals surface area contributed by atoms with E-state index in [9.17, 15) is 19.1 Å². The summed E-state index contributed by atoms with van der Waals surface area (Å²) in [6.07, 6.45) is 3.16. The van der Waals surface area contributed by atoms with Crippen molar-refractivity contribution in [3.8, 4) is 0 Å². The maximum Gasteiger partial charge on any atom is 0.274 e. The van der Waals surface area contributed by atoms with Crippen molar-refractivity contribution in [2.45, 2.75) is 43.6 Å². The molecule has 2 saturated carbocycles. The lowest BCUT2D eigenvalue weighted by Gasteiger charge is -2.32. The van der Waals surface area contributed by atoms with Crippen LogP contribution in [-0.4, -0.2) is 55.5 Å². The first kappa shape index (κ1) is 19.5. The van der Waals surface area contributed by atoms with Gasteiger partial charge in [-0.05, 0) is 25.0 Å². The van der Waals surface area contributed by atoms with Crippen LogP contribution in [0, 0.1) is 0 Å². The largest absolute Gasteiger partial charge is 0.391 e. The SMILES string of the molecule is CNc1cc(Nc2cccn([C@@H]3C[C@H]3F)c2=O)nc2c(C(=O)N[C@H]3CC[C@@H]3O)cnn12. The lowest BCUT2D eigenvalue weighted by molar-refractivity contribution is 0.0448. The van der Waals surface area contributed by atoms with E-state index in [0.29, 0.717) is 30.1 Å². The summed E-state index contributed by atoms with van der Waals surface area (Å²) in [5.41, 5.74) is 0.459. The smallest absolute Gasteiger partial charge is 0.274 e. The summed E-state index contributed by atoms with van der Waals surface area (Å²) in [5.74, 6) is 0.505. The molecule has 0 radical (unpaired) electrons. The quantitative estimate of drug-likeness (QED) is 0.466. The molecular formula is C20H22FN7O3. The van der Waals surface area contributed by atoms with Gasteiger partial charge >= 0.3 is 0 Å². The van der Waals surface area contributed by atoms with Gasteiger partial charge in [-0.15, -0.1) is 0 Å². The number of nitrogens with one attached hydrogen (secondary N) is 3. The van der Waals surface area contributed by atoms with Gasteiger partial charge < -0.3 is 25.6 Å². The summed E-state index contributed by atoms with van der Waals surface area (Å²) in [4.78, 5) is 29.9. The second kappa shape index (κ2) is 7.34. The summed E-state index contributed by atoms with van der Waals surface area (Å²) >= 11 is 0. The number of nitrogens with zero attached hydrogens (tertiary/aromatic N) is 4. The van der Waals surface area contributed by atoms with Gasteiger partial charge in [0.2, 0.25) is 0 Å². The van der Waals surface area contributed by atoms with Crippen molar-refractivity contribution in [3.63, 3.8) is 0 Å². The van der Waals surface area contributed by atoms with E-state index in [2.05, 4.69) is 26.0 Å². The molecule has 2 aliphatic carbocycles. The van der Waals surface area contributed by atoms with E-state index >= 15 is 0 Å². The summed E-state index contributed by atoms with van der Waals surface area (Å²) in [7, 11) is 1.70. The highest BCUT2D eigenvalue weighted by molar-refractivity contribution is 6.00. The predicted octanol–water partition coefficient (Wildman–Crippen LogP) is 1.21. The van der Waals surface area contributed by atoms with Crippen LogP contribution in [0.1, 0.15) is 35.7 Å². The molecule has 0 unspecified atom stereocenters. The first-order valence-electron chi connectivity index (χ1n) is 10.1. The van der Waals surface area contributed by atoms with Crippen LogP contribution in [-0.2, 0) is 0 Å². The maximum absolute atomic E-state index is 13.4. The molecule has 31 heavy (non-hydrogen) atoms. The van der Waals surface area contributed by atoms with Crippen LogP contribution in [0.25, 0.3) is 5.65 Å². The molecule has 4 N–H and O–H groups in total. The normalized spacial score (nSPS) is 24.5. The molecule has 5 rings (SSSR count). The van der Waals surface area contributed by atoms with Gasteiger partial charge in [0.25, 0.3) is 11.5 Å². The summed E-state index contributed by atoms with van der Waals surface area (Å²) in [6.45, 7) is 0. The topological polar surface area (TPSA) is 126 Å². The van der Waals surface area contributed by atoms with Crippen LogP contribution in [0.15, 0.2) is 35.4 Å². The molecular weight excluding hydrogens is 405 g/mol. The fraction of sp³-hybridized carbons (Fsp3) is 0.400. The van der Waals surface area contributed by atoms with Crippen molar-refractivity contribution < 1.29 is 14.3 Å². The average Bonchev–Trinajstić information content (AvgIpc) is 3.32. The monoisotopic (exact) mass is 427 g/mol. The average molecular weight is 427 g/mol. The fourth-order valence-corrected chi connectivity index (χ4v) is 3.71. The van der Waals surface area contributed by atoms with Crippen molar-refractivity contribution in [3.05, 3.63) is 46.5 Å². The van der Waals surface area contributed by atoms with Crippen molar-refractivity contribution in [2.24, 2.45) is 0 Å². The number of pyridine rings is 1. The van der Waals surface area contributed by atoms with E-state index in [1.54, 1.807) is 31.4 Å². The van der Waals surface area contributed by atoms with Crippen LogP contribution in [0.3, 0.4) is 0 Å². The number of hydrogen-bond acceptors (Lipinski definition) is 7. The molecule has 3 aromatic rings. The Bertz CT molecular complexity index is 1220. The van der Waals surface area contributed by atoms with Gasteiger partial charge in [-0.1, -0.05) is 0 Å². The molecule has 0 spiro atoms. The molecule has 162 valence electrons. The molecule has 2 aliphatic rings. The number of fused-ring (bicyclic) bond motifs is 1. The van der Waals surface area contributed by atoms with Gasteiger partial charge in [-0.2, -0.15) is 9.61 Å². The zero-order valence-corrected chi connectivity index (χ0v) is 16.7. The number of carbonyl (C=O) groups is 1. The Kier molecular flexibility index (Phi) is 4.62. The van der Waals surface area contributed by atoms with Crippen LogP contribution in [0.4, 0.5) is 21.7 Å². The number of rotatable bonds is 6. The van der Waals surface area contributed by atoms with E-state index in [0.717, 1.165) is 6.42 Å². The van der Waals surface area contributed by atoms with Crippen molar-refractivity contribution in [1.82, 2.24) is 24.5 Å². The van der Waals surface area contributed by atoms with E-state index in [1.807, 2.05) is 0 Å². The number of amides is 1. The van der Waals surface area contributed by atoms with Crippen molar-refractivity contribution in [2.75, 3.05) is 17.7 Å². The molecule has 1 amide bonds. The molecule has 0 aliphatic heterocycles. The third kappa shape index (κ3) is 3.40. The number of carbonyl (C=O) groups excluding carboxylic acids is 1. The summed E-state index contributed by atoms with van der Waals surface area (Å²) in [6, 6.07) is 4.22. The van der Waals surface area contributed by atoms with Gasteiger partial charge in [-0.3, -0.25) is 9.59 Å². The molecule has 10 nitrogen and oxygen atoms in total. The van der Waals surface area contributed by atoms with Gasteiger partial charge in [0.1, 0.15) is 29.1 Å². The van der Waals surface area contributed by atoms with Gasteiger partial charge in [0.05, 0.1) is 24.4 Å². The standard InChI is InChI=1S/C20H22FN7O3/c1-22-17-8-16(24-13-3-2-6-27(20(13)31)14-7-11(14)21)26-18-10(9-23-28(17)18)19(30)25-12-4-5-15(12)29/h2-3,6,8-9,11-12,14-15,22,29H,4-5,7H2,1H3,(H,24,26)(H,25,30)/t11-,12+,14-,15+/m1/s1. The zero-order chi connectivity index (χ0) is 21.7. The van der Waals surface area contributed by atoms with Crippen LogP contribution in [0.5, 0.6) is 0 Å². The van der Waals surface area contributed by atoms with Crippen molar-refractivity contribution >= 4 is 28.9 Å². The Morgan fingerprint density at radius 2 is 2.16 bits per heavy atom. The van der Waals surface area contributed by atoms with E-state index in [-0.39, 0.29) is 28.8 Å². The molecule has 0 bridgehead atoms. The van der Waals surface area contributed by atoms with Gasteiger partial charge in [0.15, 0.2) is 5.65 Å². The second-order valence-electron chi connectivity index (χ2n) is 7.87. The number of aromatic nitrogens is 4. The fourth-order valence-electron chi connectivity index (χ4n) is 3.71. The number of alkyl halides is 1. The third-order valence-electron chi connectivity index (χ3n) is 5.80. The van der Waals surface area contributed by atoms with E-state index in [4.69, 9.17) is 0 Å². The van der Waals surface area contributed by atoms with Gasteiger partial charge in [0, 0.05) is 25.7 Å². The minimum atomic E-state index is -1.000. The Balaban J connectivity index is 1.48. The first-order valence-corrected chi connectivity index (χ1v) is 10.1. The van der Waals surface area contributed by atoms with Crippen LogP contribution in [0.2, 0.25) is 0 Å². The molecule has 0 saturated heterocycles. The number of hydrogen-bond donors (Lipinski definition) is 4. The summed E-state index contributed by atoms with van der Waals surface area (Å²) in [5, 5.41) is 22.7. The van der Waals surface area contributed by atoms with E-state index < -0.39 is 18.3 Å². The molecule has 4 atom stereocenters. The Labute approximate surface area is 176 Å². The second-order valence-corrected chi connectivity index (χ2v) is 7.87. The van der Waals surface area contributed by atoms with E-state index in [1.165, 1.54) is 15.3 Å². The highest BCUT2D eigenvalue weighted by Gasteiger charge is 2.39. The zero-order valence-electron chi connectivity index (χ0n) is 16.7. The number of anilines is 3. The Morgan fingerprint density at radius 1 is 1.35 bits per heavy atom. The Morgan fingerprint density at radius 3 is 2.81 bits per heavy atom.